The molecule has 31 heavy (non-hydrogen) atoms. The minimum absolute atomic E-state index is 0.451. The van der Waals surface area contributed by atoms with Crippen LogP contribution in [0.1, 0.15) is 43.4 Å². The number of methoxy groups -OCH3 is 1. The van der Waals surface area contributed by atoms with Crippen molar-refractivity contribution >= 4 is 22.4 Å². The van der Waals surface area contributed by atoms with Crippen molar-refractivity contribution in [2.75, 3.05) is 7.11 Å². The summed E-state index contributed by atoms with van der Waals surface area (Å²) >= 11 is 5.92. The number of ether oxygens (including phenoxy) is 2. The fourth-order valence-electron chi connectivity index (χ4n) is 3.49. The highest BCUT2D eigenvalue weighted by molar-refractivity contribution is 7.85. The van der Waals surface area contributed by atoms with E-state index in [0.717, 1.165) is 46.8 Å². The van der Waals surface area contributed by atoms with Crippen LogP contribution in [0.15, 0.2) is 70.5 Å². The zero-order valence-electron chi connectivity index (χ0n) is 18.3. The van der Waals surface area contributed by atoms with E-state index in [1.165, 1.54) is 11.1 Å². The van der Waals surface area contributed by atoms with Gasteiger partial charge in [0.05, 0.1) is 22.8 Å². The number of hydrogen-bond donors (Lipinski definition) is 0. The average molecular weight is 457 g/mol. The van der Waals surface area contributed by atoms with Gasteiger partial charge in [-0.25, -0.2) is 4.21 Å². The van der Waals surface area contributed by atoms with E-state index in [9.17, 15) is 4.21 Å². The molecule has 5 heteroatoms. The second kappa shape index (κ2) is 11.4. The van der Waals surface area contributed by atoms with E-state index >= 15 is 0 Å². The number of halogens is 1. The van der Waals surface area contributed by atoms with Gasteiger partial charge in [0.1, 0.15) is 18.1 Å². The predicted octanol–water partition coefficient (Wildman–Crippen LogP) is 7.00. The third-order valence-electron chi connectivity index (χ3n) is 5.08. The molecule has 0 bridgehead atoms. The molecule has 0 radical (unpaired) electrons. The molecule has 0 saturated carbocycles. The van der Waals surface area contributed by atoms with Crippen LogP contribution in [-0.2, 0) is 30.2 Å². The maximum Gasteiger partial charge on any atom is 0.135 e. The molecule has 0 aromatic heterocycles. The number of aryl methyl sites for hydroxylation is 2. The van der Waals surface area contributed by atoms with Crippen LogP contribution in [0.2, 0.25) is 5.02 Å². The lowest BCUT2D eigenvalue weighted by atomic mass is 9.99. The molecular formula is C26H29ClO3S. The van der Waals surface area contributed by atoms with Crippen molar-refractivity contribution < 1.29 is 13.7 Å². The molecule has 3 rings (SSSR count). The second-order valence-corrected chi connectivity index (χ2v) is 9.31. The van der Waals surface area contributed by atoms with Gasteiger partial charge in [0.25, 0.3) is 0 Å². The van der Waals surface area contributed by atoms with Crippen LogP contribution in [-0.4, -0.2) is 11.3 Å². The zero-order valence-corrected chi connectivity index (χ0v) is 19.9. The molecule has 1 unspecified atom stereocenters. The van der Waals surface area contributed by atoms with E-state index < -0.39 is 10.8 Å². The van der Waals surface area contributed by atoms with Gasteiger partial charge >= 0.3 is 0 Å². The van der Waals surface area contributed by atoms with Crippen molar-refractivity contribution in [3.63, 3.8) is 0 Å². The number of hydrogen-bond acceptors (Lipinski definition) is 3. The molecule has 0 aliphatic carbocycles. The van der Waals surface area contributed by atoms with Crippen LogP contribution in [0, 0.1) is 0 Å². The highest BCUT2D eigenvalue weighted by Gasteiger charge is 2.17. The maximum absolute atomic E-state index is 13.4. The Balaban J connectivity index is 1.78. The van der Waals surface area contributed by atoms with E-state index in [0.29, 0.717) is 17.4 Å². The lowest BCUT2D eigenvalue weighted by molar-refractivity contribution is 0.306. The van der Waals surface area contributed by atoms with Gasteiger partial charge in [0, 0.05) is 9.92 Å². The van der Waals surface area contributed by atoms with Crippen molar-refractivity contribution in [2.45, 2.75) is 55.9 Å². The summed E-state index contributed by atoms with van der Waals surface area (Å²) in [5.74, 6) is 1.41. The van der Waals surface area contributed by atoms with E-state index in [-0.39, 0.29) is 0 Å². The minimum Gasteiger partial charge on any atom is -0.495 e. The standard InChI is InChI=1S/C26H29ClO3S/c1-4-6-20-16-25(29-3)26(17-21(20)7-5-2)31(28)24-14-12-23(13-15-24)30-18-19-8-10-22(27)11-9-19/h8-17H,4-7,18H2,1-3H3. The molecule has 164 valence electrons. The first-order chi connectivity index (χ1) is 15.0. The van der Waals surface area contributed by atoms with Crippen molar-refractivity contribution in [2.24, 2.45) is 0 Å². The van der Waals surface area contributed by atoms with E-state index in [4.69, 9.17) is 21.1 Å². The SMILES string of the molecule is CCCc1cc(OC)c(S(=O)c2ccc(OCc3ccc(Cl)cc3)cc2)cc1CCC. The van der Waals surface area contributed by atoms with Gasteiger partial charge < -0.3 is 9.47 Å². The van der Waals surface area contributed by atoms with E-state index in [2.05, 4.69) is 26.0 Å². The third-order valence-corrected chi connectivity index (χ3v) is 6.75. The maximum atomic E-state index is 13.4. The first kappa shape index (κ1) is 23.4. The fourth-order valence-corrected chi connectivity index (χ4v) is 4.82. The molecule has 0 aliphatic rings. The lowest BCUT2D eigenvalue weighted by Crippen LogP contribution is -2.03. The van der Waals surface area contributed by atoms with Crippen molar-refractivity contribution in [1.29, 1.82) is 0 Å². The summed E-state index contributed by atoms with van der Waals surface area (Å²) in [5, 5.41) is 0.704. The molecule has 0 spiro atoms. The van der Waals surface area contributed by atoms with Crippen LogP contribution in [0.4, 0.5) is 0 Å². The van der Waals surface area contributed by atoms with Gasteiger partial charge in [-0.1, -0.05) is 50.4 Å². The summed E-state index contributed by atoms with van der Waals surface area (Å²) in [4.78, 5) is 1.45. The Morgan fingerprint density at radius 1 is 0.871 bits per heavy atom. The molecule has 0 saturated heterocycles. The van der Waals surface area contributed by atoms with Gasteiger partial charge in [-0.05, 0) is 78.1 Å². The first-order valence-corrected chi connectivity index (χ1v) is 12.2. The van der Waals surface area contributed by atoms with E-state index in [1.54, 1.807) is 7.11 Å². The Labute approximate surface area is 192 Å². The van der Waals surface area contributed by atoms with Crippen LogP contribution in [0.5, 0.6) is 11.5 Å². The van der Waals surface area contributed by atoms with Crippen molar-refractivity contribution in [3.05, 3.63) is 82.4 Å². The van der Waals surface area contributed by atoms with Crippen molar-refractivity contribution in [3.8, 4) is 11.5 Å². The first-order valence-electron chi connectivity index (χ1n) is 10.6. The topological polar surface area (TPSA) is 35.5 Å². The average Bonchev–Trinajstić information content (AvgIpc) is 2.79. The number of benzene rings is 3. The second-order valence-electron chi connectivity index (χ2n) is 7.43. The lowest BCUT2D eigenvalue weighted by Gasteiger charge is -2.15. The van der Waals surface area contributed by atoms with Gasteiger partial charge in [-0.3, -0.25) is 0 Å². The molecule has 1 atom stereocenters. The highest BCUT2D eigenvalue weighted by Crippen LogP contribution is 2.31. The normalized spacial score (nSPS) is 11.9. The van der Waals surface area contributed by atoms with Crippen LogP contribution in [0.3, 0.4) is 0 Å². The summed E-state index contributed by atoms with van der Waals surface area (Å²) in [5.41, 5.74) is 3.58. The Hall–Kier alpha value is -2.30. The monoisotopic (exact) mass is 456 g/mol. The van der Waals surface area contributed by atoms with Crippen molar-refractivity contribution in [1.82, 2.24) is 0 Å². The van der Waals surface area contributed by atoms with Gasteiger partial charge in [-0.15, -0.1) is 0 Å². The van der Waals surface area contributed by atoms with Gasteiger partial charge in [-0.2, -0.15) is 0 Å². The summed E-state index contributed by atoms with van der Waals surface area (Å²) in [7, 11) is 0.308. The zero-order chi connectivity index (χ0) is 22.2. The van der Waals surface area contributed by atoms with Crippen LogP contribution < -0.4 is 9.47 Å². The van der Waals surface area contributed by atoms with Crippen LogP contribution in [0.25, 0.3) is 0 Å². The van der Waals surface area contributed by atoms with Gasteiger partial charge in [0.15, 0.2) is 0 Å². The molecule has 0 amide bonds. The molecular weight excluding hydrogens is 428 g/mol. The largest absolute Gasteiger partial charge is 0.495 e. The molecule has 0 N–H and O–H groups in total. The molecule has 3 aromatic carbocycles. The quantitative estimate of drug-likeness (QED) is 0.329. The Morgan fingerprint density at radius 3 is 2.06 bits per heavy atom. The molecule has 0 fully saturated rings. The summed E-state index contributed by atoms with van der Waals surface area (Å²) in [6.45, 7) is 4.79. The molecule has 0 heterocycles. The molecule has 3 aromatic rings. The summed E-state index contributed by atoms with van der Waals surface area (Å²) < 4.78 is 24.8. The Bertz CT molecular complexity index is 1010. The fraction of sp³-hybridized carbons (Fsp3) is 0.308. The van der Waals surface area contributed by atoms with Crippen LogP contribution >= 0.6 is 11.6 Å². The summed E-state index contributed by atoms with van der Waals surface area (Å²) in [6, 6.07) is 19.1. The smallest absolute Gasteiger partial charge is 0.135 e. The predicted molar refractivity (Wildman–Crippen MR) is 128 cm³/mol. The minimum atomic E-state index is -1.33. The molecule has 0 aliphatic heterocycles. The third kappa shape index (κ3) is 6.11. The Kier molecular flexibility index (Phi) is 8.56. The summed E-state index contributed by atoms with van der Waals surface area (Å²) in [6.07, 6.45) is 4.09. The highest BCUT2D eigenvalue weighted by atomic mass is 35.5. The van der Waals surface area contributed by atoms with Gasteiger partial charge in [0.2, 0.25) is 0 Å². The van der Waals surface area contributed by atoms with E-state index in [1.807, 2.05) is 48.5 Å². The Morgan fingerprint density at radius 2 is 1.48 bits per heavy atom. The number of rotatable bonds is 10. The molecule has 3 nitrogen and oxygen atoms in total.